The number of para-hydroxylation sites is 1. The van der Waals surface area contributed by atoms with Crippen LogP contribution in [0.3, 0.4) is 0 Å². The van der Waals surface area contributed by atoms with Crippen molar-refractivity contribution in [3.8, 4) is 5.69 Å². The van der Waals surface area contributed by atoms with Crippen LogP contribution in [0.2, 0.25) is 0 Å². The Hall–Kier alpha value is -2.63. The van der Waals surface area contributed by atoms with Crippen molar-refractivity contribution in [1.82, 2.24) is 15.1 Å². The van der Waals surface area contributed by atoms with Gasteiger partial charge in [0, 0.05) is 17.3 Å². The average Bonchev–Trinajstić information content (AvgIpc) is 2.83. The molecule has 0 bridgehead atoms. The van der Waals surface area contributed by atoms with Gasteiger partial charge in [0.25, 0.3) is 0 Å². The predicted octanol–water partition coefficient (Wildman–Crippen LogP) is 2.10. The summed E-state index contributed by atoms with van der Waals surface area (Å²) in [5.74, 6) is -0.475. The molecule has 0 radical (unpaired) electrons. The van der Waals surface area contributed by atoms with Crippen molar-refractivity contribution >= 4 is 11.9 Å². The Bertz CT molecular complexity index is 723. The van der Waals surface area contributed by atoms with E-state index >= 15 is 0 Å². The Balaban J connectivity index is 2.09. The first kappa shape index (κ1) is 17.7. The van der Waals surface area contributed by atoms with Gasteiger partial charge in [-0.3, -0.25) is 9.59 Å². The third-order valence-corrected chi connectivity index (χ3v) is 3.89. The van der Waals surface area contributed by atoms with Crippen LogP contribution in [0.4, 0.5) is 0 Å². The normalized spacial score (nSPS) is 11.8. The van der Waals surface area contributed by atoms with E-state index in [2.05, 4.69) is 15.2 Å². The molecule has 0 aliphatic heterocycles. The molecule has 6 nitrogen and oxygen atoms in total. The van der Waals surface area contributed by atoms with Gasteiger partial charge in [-0.2, -0.15) is 5.10 Å². The maximum absolute atomic E-state index is 12.2. The van der Waals surface area contributed by atoms with Crippen molar-refractivity contribution in [2.24, 2.45) is 0 Å². The molecule has 0 saturated heterocycles. The molecule has 1 heterocycles. The highest BCUT2D eigenvalue weighted by Gasteiger charge is 2.18. The predicted molar refractivity (Wildman–Crippen MR) is 91.0 cm³/mol. The molecule has 1 aromatic carbocycles. The summed E-state index contributed by atoms with van der Waals surface area (Å²) in [5, 5.41) is 7.36. The standard InChI is InChI=1S/C18H23N3O3/c1-12(10-18(23)24-4)19-17(22)11-16-13(2)20-21(14(16)3)15-8-6-5-7-9-15/h5-9,12H,10-11H2,1-4H3,(H,19,22). The van der Waals surface area contributed by atoms with Gasteiger partial charge in [-0.05, 0) is 32.9 Å². The minimum atomic E-state index is -0.341. The second-order valence-corrected chi connectivity index (χ2v) is 5.82. The van der Waals surface area contributed by atoms with E-state index < -0.39 is 0 Å². The molecule has 2 aromatic rings. The van der Waals surface area contributed by atoms with Crippen molar-refractivity contribution in [1.29, 1.82) is 0 Å². The summed E-state index contributed by atoms with van der Waals surface area (Å²) in [7, 11) is 1.33. The molecule has 1 N–H and O–H groups in total. The van der Waals surface area contributed by atoms with E-state index in [1.807, 2.05) is 48.9 Å². The van der Waals surface area contributed by atoms with Crippen molar-refractivity contribution in [3.05, 3.63) is 47.3 Å². The SMILES string of the molecule is COC(=O)CC(C)NC(=O)Cc1c(C)nn(-c2ccccc2)c1C. The smallest absolute Gasteiger partial charge is 0.307 e. The second kappa shape index (κ2) is 7.77. The first-order chi connectivity index (χ1) is 11.4. The lowest BCUT2D eigenvalue weighted by molar-refractivity contribution is -0.141. The Morgan fingerprint density at radius 2 is 1.92 bits per heavy atom. The van der Waals surface area contributed by atoms with E-state index in [9.17, 15) is 9.59 Å². The van der Waals surface area contributed by atoms with Gasteiger partial charge < -0.3 is 10.1 Å². The number of rotatable bonds is 6. The summed E-state index contributed by atoms with van der Waals surface area (Å²) in [6, 6.07) is 9.53. The quantitative estimate of drug-likeness (QED) is 0.824. The summed E-state index contributed by atoms with van der Waals surface area (Å²) in [6.45, 7) is 5.63. The summed E-state index contributed by atoms with van der Waals surface area (Å²) in [4.78, 5) is 23.5. The molecule has 0 fully saturated rings. The first-order valence-corrected chi connectivity index (χ1v) is 7.89. The van der Waals surface area contributed by atoms with Gasteiger partial charge in [0.2, 0.25) is 5.91 Å². The van der Waals surface area contributed by atoms with Gasteiger partial charge in [0.1, 0.15) is 0 Å². The zero-order valence-corrected chi connectivity index (χ0v) is 14.5. The van der Waals surface area contributed by atoms with E-state index in [-0.39, 0.29) is 30.8 Å². The number of ether oxygens (including phenoxy) is 1. The van der Waals surface area contributed by atoms with E-state index in [1.165, 1.54) is 7.11 Å². The topological polar surface area (TPSA) is 73.2 Å². The van der Waals surface area contributed by atoms with Crippen molar-refractivity contribution in [2.75, 3.05) is 7.11 Å². The lowest BCUT2D eigenvalue weighted by Crippen LogP contribution is -2.35. The number of carbonyl (C=O) groups excluding carboxylic acids is 2. The molecule has 0 aliphatic rings. The van der Waals surface area contributed by atoms with Crippen LogP contribution >= 0.6 is 0 Å². The summed E-state index contributed by atoms with van der Waals surface area (Å²) in [6.07, 6.45) is 0.388. The molecule has 2 rings (SSSR count). The minimum absolute atomic E-state index is 0.134. The summed E-state index contributed by atoms with van der Waals surface area (Å²) < 4.78 is 6.45. The molecule has 0 aliphatic carbocycles. The van der Waals surface area contributed by atoms with Crippen LogP contribution in [-0.4, -0.2) is 34.8 Å². The average molecular weight is 329 g/mol. The lowest BCUT2D eigenvalue weighted by atomic mass is 10.1. The highest BCUT2D eigenvalue weighted by molar-refractivity contribution is 5.80. The molecule has 1 atom stereocenters. The monoisotopic (exact) mass is 329 g/mol. The maximum Gasteiger partial charge on any atom is 0.307 e. The van der Waals surface area contributed by atoms with Crippen molar-refractivity contribution < 1.29 is 14.3 Å². The number of amides is 1. The van der Waals surface area contributed by atoms with Gasteiger partial charge in [-0.25, -0.2) is 4.68 Å². The van der Waals surface area contributed by atoms with Crippen LogP contribution in [0.5, 0.6) is 0 Å². The molecule has 24 heavy (non-hydrogen) atoms. The highest BCUT2D eigenvalue weighted by Crippen LogP contribution is 2.18. The van der Waals surface area contributed by atoms with Crippen molar-refractivity contribution in [3.63, 3.8) is 0 Å². The third-order valence-electron chi connectivity index (χ3n) is 3.89. The number of benzene rings is 1. The van der Waals surface area contributed by atoms with Crippen LogP contribution in [0.25, 0.3) is 5.69 Å². The van der Waals surface area contributed by atoms with Crippen LogP contribution in [0.1, 0.15) is 30.3 Å². The number of aromatic nitrogens is 2. The zero-order valence-electron chi connectivity index (χ0n) is 14.5. The molecule has 1 aromatic heterocycles. The van der Waals surface area contributed by atoms with Gasteiger partial charge in [-0.1, -0.05) is 18.2 Å². The minimum Gasteiger partial charge on any atom is -0.469 e. The first-order valence-electron chi connectivity index (χ1n) is 7.89. The molecular formula is C18H23N3O3. The summed E-state index contributed by atoms with van der Waals surface area (Å²) in [5.41, 5.74) is 3.63. The number of nitrogens with one attached hydrogen (secondary N) is 1. The largest absolute Gasteiger partial charge is 0.469 e. The fourth-order valence-corrected chi connectivity index (χ4v) is 2.62. The highest BCUT2D eigenvalue weighted by atomic mass is 16.5. The van der Waals surface area contributed by atoms with Crippen LogP contribution in [-0.2, 0) is 20.7 Å². The number of methoxy groups -OCH3 is 1. The molecular weight excluding hydrogens is 306 g/mol. The second-order valence-electron chi connectivity index (χ2n) is 5.82. The molecule has 1 amide bonds. The molecule has 0 saturated carbocycles. The van der Waals surface area contributed by atoms with E-state index in [0.717, 1.165) is 22.6 Å². The number of esters is 1. The molecule has 128 valence electrons. The van der Waals surface area contributed by atoms with E-state index in [4.69, 9.17) is 0 Å². The summed E-state index contributed by atoms with van der Waals surface area (Å²) >= 11 is 0. The van der Waals surface area contributed by atoms with E-state index in [1.54, 1.807) is 6.92 Å². The third kappa shape index (κ3) is 4.22. The van der Waals surface area contributed by atoms with Crippen LogP contribution < -0.4 is 5.32 Å². The molecule has 0 spiro atoms. The maximum atomic E-state index is 12.2. The van der Waals surface area contributed by atoms with Crippen molar-refractivity contribution in [2.45, 2.75) is 39.7 Å². The fourth-order valence-electron chi connectivity index (χ4n) is 2.62. The fraction of sp³-hybridized carbons (Fsp3) is 0.389. The number of carbonyl (C=O) groups is 2. The van der Waals surface area contributed by atoms with E-state index in [0.29, 0.717) is 0 Å². The zero-order chi connectivity index (χ0) is 17.7. The van der Waals surface area contributed by atoms with Gasteiger partial charge in [0.15, 0.2) is 0 Å². The number of hydrogen-bond donors (Lipinski definition) is 1. The molecule has 1 unspecified atom stereocenters. The number of hydrogen-bond acceptors (Lipinski definition) is 4. The Kier molecular flexibility index (Phi) is 5.73. The molecule has 6 heteroatoms. The van der Waals surface area contributed by atoms with Gasteiger partial charge in [-0.15, -0.1) is 0 Å². The Morgan fingerprint density at radius 3 is 2.54 bits per heavy atom. The Morgan fingerprint density at radius 1 is 1.25 bits per heavy atom. The van der Waals surface area contributed by atoms with Gasteiger partial charge in [0.05, 0.1) is 31.3 Å². The lowest BCUT2D eigenvalue weighted by Gasteiger charge is -2.12. The Labute approximate surface area is 141 Å². The van der Waals surface area contributed by atoms with Crippen LogP contribution in [0, 0.1) is 13.8 Å². The number of aryl methyl sites for hydroxylation is 1. The van der Waals surface area contributed by atoms with Crippen LogP contribution in [0.15, 0.2) is 30.3 Å². The number of nitrogens with zero attached hydrogens (tertiary/aromatic N) is 2. The van der Waals surface area contributed by atoms with Gasteiger partial charge >= 0.3 is 5.97 Å².